The van der Waals surface area contributed by atoms with Crippen LogP contribution in [-0.2, 0) is 17.9 Å². The Hall–Kier alpha value is -1.39. The zero-order valence-corrected chi connectivity index (χ0v) is 13.7. The van der Waals surface area contributed by atoms with E-state index in [9.17, 15) is 4.79 Å². The molecule has 1 amide bonds. The summed E-state index contributed by atoms with van der Waals surface area (Å²) < 4.78 is 0. The maximum atomic E-state index is 12.6. The van der Waals surface area contributed by atoms with E-state index < -0.39 is 5.54 Å². The zero-order chi connectivity index (χ0) is 16.0. The van der Waals surface area contributed by atoms with E-state index in [2.05, 4.69) is 24.5 Å². The van der Waals surface area contributed by atoms with Gasteiger partial charge in [-0.05, 0) is 29.9 Å². The van der Waals surface area contributed by atoms with Crippen LogP contribution in [0, 0.1) is 5.92 Å². The summed E-state index contributed by atoms with van der Waals surface area (Å²) in [5, 5.41) is 15.7. The molecule has 1 aliphatic carbocycles. The van der Waals surface area contributed by atoms with Gasteiger partial charge in [0.05, 0.1) is 12.1 Å². The molecular formula is C18H28N2O2. The molecule has 0 aromatic heterocycles. The van der Waals surface area contributed by atoms with E-state index in [4.69, 9.17) is 5.11 Å². The maximum Gasteiger partial charge on any atom is 0.240 e. The van der Waals surface area contributed by atoms with Crippen LogP contribution in [0.1, 0.15) is 50.7 Å². The molecule has 0 spiro atoms. The highest BCUT2D eigenvalue weighted by molar-refractivity contribution is 5.86. The largest absolute Gasteiger partial charge is 0.392 e. The summed E-state index contributed by atoms with van der Waals surface area (Å²) in [5.74, 6) is 0.610. The molecule has 122 valence electrons. The third-order valence-corrected chi connectivity index (χ3v) is 4.40. The van der Waals surface area contributed by atoms with Crippen molar-refractivity contribution in [3.8, 4) is 0 Å². The molecule has 0 unspecified atom stereocenters. The average Bonchev–Trinajstić information content (AvgIpc) is 3.01. The van der Waals surface area contributed by atoms with Gasteiger partial charge in [-0.15, -0.1) is 0 Å². The second-order valence-electron chi connectivity index (χ2n) is 6.72. The Morgan fingerprint density at radius 2 is 1.77 bits per heavy atom. The lowest BCUT2D eigenvalue weighted by atomic mass is 9.95. The Labute approximate surface area is 133 Å². The molecule has 1 saturated carbocycles. The molecule has 1 fully saturated rings. The van der Waals surface area contributed by atoms with E-state index in [0.717, 1.165) is 43.4 Å². The van der Waals surface area contributed by atoms with Gasteiger partial charge in [-0.3, -0.25) is 10.1 Å². The van der Waals surface area contributed by atoms with Crippen LogP contribution in [0.3, 0.4) is 0 Å². The van der Waals surface area contributed by atoms with E-state index in [1.807, 2.05) is 24.3 Å². The number of nitrogens with one attached hydrogen (secondary N) is 2. The van der Waals surface area contributed by atoms with Gasteiger partial charge in [-0.2, -0.15) is 0 Å². The standard InChI is InChI=1S/C18H28N2O2/c1-14(2)11-19-17(22)18(9-3-4-10-18)20-12-15-5-7-16(13-21)8-6-15/h5-8,14,20-21H,3-4,9-13H2,1-2H3,(H,19,22). The highest BCUT2D eigenvalue weighted by Crippen LogP contribution is 2.30. The Bertz CT molecular complexity index is 476. The summed E-state index contributed by atoms with van der Waals surface area (Å²) in [4.78, 5) is 12.6. The van der Waals surface area contributed by atoms with Crippen LogP contribution in [0.25, 0.3) is 0 Å². The van der Waals surface area contributed by atoms with E-state index in [0.29, 0.717) is 12.5 Å². The van der Waals surface area contributed by atoms with Crippen LogP contribution < -0.4 is 10.6 Å². The van der Waals surface area contributed by atoms with Gasteiger partial charge in [0.15, 0.2) is 0 Å². The Balaban J connectivity index is 1.97. The number of rotatable bonds is 7. The predicted molar refractivity (Wildman–Crippen MR) is 88.3 cm³/mol. The van der Waals surface area contributed by atoms with Crippen molar-refractivity contribution in [3.05, 3.63) is 35.4 Å². The van der Waals surface area contributed by atoms with Crippen molar-refractivity contribution < 1.29 is 9.90 Å². The third-order valence-electron chi connectivity index (χ3n) is 4.40. The van der Waals surface area contributed by atoms with Crippen molar-refractivity contribution in [2.75, 3.05) is 6.54 Å². The van der Waals surface area contributed by atoms with Crippen molar-refractivity contribution in [3.63, 3.8) is 0 Å². The van der Waals surface area contributed by atoms with E-state index in [1.165, 1.54) is 0 Å². The molecule has 1 aromatic carbocycles. The molecule has 4 heteroatoms. The second-order valence-corrected chi connectivity index (χ2v) is 6.72. The van der Waals surface area contributed by atoms with Gasteiger partial charge in [-0.25, -0.2) is 0 Å². The van der Waals surface area contributed by atoms with E-state index in [1.54, 1.807) is 0 Å². The first kappa shape index (κ1) is 17.0. The molecule has 0 atom stereocenters. The maximum absolute atomic E-state index is 12.6. The van der Waals surface area contributed by atoms with Crippen LogP contribution in [0.2, 0.25) is 0 Å². The number of benzene rings is 1. The molecular weight excluding hydrogens is 276 g/mol. The number of hydrogen-bond acceptors (Lipinski definition) is 3. The number of hydrogen-bond donors (Lipinski definition) is 3. The first-order valence-corrected chi connectivity index (χ1v) is 8.28. The monoisotopic (exact) mass is 304 g/mol. The molecule has 1 aliphatic rings. The molecule has 0 radical (unpaired) electrons. The van der Waals surface area contributed by atoms with Crippen molar-refractivity contribution in [2.24, 2.45) is 5.92 Å². The highest BCUT2D eigenvalue weighted by Gasteiger charge is 2.40. The molecule has 2 rings (SSSR count). The lowest BCUT2D eigenvalue weighted by Crippen LogP contribution is -2.55. The van der Waals surface area contributed by atoms with Crippen molar-refractivity contribution in [1.29, 1.82) is 0 Å². The minimum absolute atomic E-state index is 0.0647. The average molecular weight is 304 g/mol. The van der Waals surface area contributed by atoms with Crippen LogP contribution in [0.4, 0.5) is 0 Å². The number of aliphatic hydroxyl groups excluding tert-OH is 1. The van der Waals surface area contributed by atoms with Gasteiger partial charge in [0.2, 0.25) is 5.91 Å². The summed E-state index contributed by atoms with van der Waals surface area (Å²) in [7, 11) is 0. The van der Waals surface area contributed by atoms with Crippen molar-refractivity contribution in [1.82, 2.24) is 10.6 Å². The molecule has 0 aliphatic heterocycles. The summed E-state index contributed by atoms with van der Waals surface area (Å²) in [5.41, 5.74) is 1.64. The molecule has 0 bridgehead atoms. The molecule has 22 heavy (non-hydrogen) atoms. The van der Waals surface area contributed by atoms with Crippen molar-refractivity contribution >= 4 is 5.91 Å². The first-order valence-electron chi connectivity index (χ1n) is 8.28. The lowest BCUT2D eigenvalue weighted by Gasteiger charge is -2.29. The summed E-state index contributed by atoms with van der Waals surface area (Å²) in [6.45, 7) is 5.69. The van der Waals surface area contributed by atoms with Crippen molar-refractivity contribution in [2.45, 2.75) is 58.2 Å². The quantitative estimate of drug-likeness (QED) is 0.724. The zero-order valence-electron chi connectivity index (χ0n) is 13.7. The Morgan fingerprint density at radius 1 is 1.18 bits per heavy atom. The number of carbonyl (C=O) groups excluding carboxylic acids is 1. The van der Waals surface area contributed by atoms with Gasteiger partial charge in [-0.1, -0.05) is 51.0 Å². The second kappa shape index (κ2) is 7.75. The topological polar surface area (TPSA) is 61.4 Å². The van der Waals surface area contributed by atoms with Crippen LogP contribution in [0.5, 0.6) is 0 Å². The molecule has 4 nitrogen and oxygen atoms in total. The smallest absolute Gasteiger partial charge is 0.240 e. The molecule has 0 saturated heterocycles. The van der Waals surface area contributed by atoms with Crippen LogP contribution in [-0.4, -0.2) is 23.1 Å². The van der Waals surface area contributed by atoms with Gasteiger partial charge >= 0.3 is 0 Å². The predicted octanol–water partition coefficient (Wildman–Crippen LogP) is 2.35. The minimum atomic E-state index is -0.412. The minimum Gasteiger partial charge on any atom is -0.392 e. The fourth-order valence-electron chi connectivity index (χ4n) is 2.96. The fourth-order valence-corrected chi connectivity index (χ4v) is 2.96. The highest BCUT2D eigenvalue weighted by atomic mass is 16.3. The lowest BCUT2D eigenvalue weighted by molar-refractivity contribution is -0.127. The summed E-state index contributed by atoms with van der Waals surface area (Å²) in [6.07, 6.45) is 4.02. The molecule has 1 aromatic rings. The molecule has 3 N–H and O–H groups in total. The number of carbonyl (C=O) groups is 1. The van der Waals surface area contributed by atoms with E-state index >= 15 is 0 Å². The Morgan fingerprint density at radius 3 is 2.32 bits per heavy atom. The van der Waals surface area contributed by atoms with Crippen LogP contribution in [0.15, 0.2) is 24.3 Å². The van der Waals surface area contributed by atoms with Gasteiger partial charge < -0.3 is 10.4 Å². The third kappa shape index (κ3) is 4.31. The van der Waals surface area contributed by atoms with Gasteiger partial charge in [0.25, 0.3) is 0 Å². The number of amides is 1. The van der Waals surface area contributed by atoms with Crippen LogP contribution >= 0.6 is 0 Å². The summed E-state index contributed by atoms with van der Waals surface area (Å²) >= 11 is 0. The van der Waals surface area contributed by atoms with Gasteiger partial charge in [0.1, 0.15) is 0 Å². The normalized spacial score (nSPS) is 16.9. The number of aliphatic hydroxyl groups is 1. The first-order chi connectivity index (χ1) is 10.6. The Kier molecular flexibility index (Phi) is 5.98. The molecule has 0 heterocycles. The SMILES string of the molecule is CC(C)CNC(=O)C1(NCc2ccc(CO)cc2)CCCC1. The summed E-state index contributed by atoms with van der Waals surface area (Å²) in [6, 6.07) is 7.87. The van der Waals surface area contributed by atoms with E-state index in [-0.39, 0.29) is 12.5 Å². The van der Waals surface area contributed by atoms with Gasteiger partial charge in [0, 0.05) is 13.1 Å². The fraction of sp³-hybridized carbons (Fsp3) is 0.611.